The highest BCUT2D eigenvalue weighted by Gasteiger charge is 2.12. The first kappa shape index (κ1) is 38.9. The predicted molar refractivity (Wildman–Crippen MR) is 173 cm³/mol. The Bertz CT molecular complexity index is 707. The Labute approximate surface area is 252 Å². The molecular weight excluding hydrogens is 512 g/mol. The van der Waals surface area contributed by atoms with Gasteiger partial charge >= 0.3 is 11.9 Å². The van der Waals surface area contributed by atoms with E-state index in [-0.39, 0.29) is 25.2 Å². The number of rotatable bonds is 29. The molecule has 0 fully saturated rings. The molecule has 0 radical (unpaired) electrons. The fourth-order valence-corrected chi connectivity index (χ4v) is 4.31. The molecule has 0 saturated heterocycles. The van der Waals surface area contributed by atoms with Crippen LogP contribution in [0.3, 0.4) is 0 Å². The molecule has 0 bridgehead atoms. The van der Waals surface area contributed by atoms with Crippen LogP contribution >= 0.6 is 0 Å². The highest BCUT2D eigenvalue weighted by Crippen LogP contribution is 2.13. The maximum Gasteiger partial charge on any atom is 0.305 e. The van der Waals surface area contributed by atoms with Crippen LogP contribution in [0.15, 0.2) is 48.6 Å². The van der Waals surface area contributed by atoms with E-state index >= 15 is 0 Å². The van der Waals surface area contributed by atoms with Gasteiger partial charge in [-0.2, -0.15) is 0 Å². The first-order valence-electron chi connectivity index (χ1n) is 16.7. The molecule has 0 saturated carbocycles. The number of ether oxygens (including phenoxy) is 2. The lowest BCUT2D eigenvalue weighted by molar-refractivity contribution is -0.152. The van der Waals surface area contributed by atoms with Crippen molar-refractivity contribution < 1.29 is 24.2 Å². The third-order valence-corrected chi connectivity index (χ3v) is 6.83. The van der Waals surface area contributed by atoms with Gasteiger partial charge in [-0.05, 0) is 51.4 Å². The largest absolute Gasteiger partial charge is 0.463 e. The van der Waals surface area contributed by atoms with Gasteiger partial charge in [-0.25, -0.2) is 0 Å². The molecule has 0 spiro atoms. The summed E-state index contributed by atoms with van der Waals surface area (Å²) in [5.74, 6) is -0.615. The molecule has 41 heavy (non-hydrogen) atoms. The number of unbranched alkanes of at least 4 members (excludes halogenated alkanes) is 13. The van der Waals surface area contributed by atoms with Gasteiger partial charge in [0.15, 0.2) is 0 Å². The smallest absolute Gasteiger partial charge is 0.305 e. The van der Waals surface area contributed by atoms with Crippen LogP contribution in [0, 0.1) is 0 Å². The predicted octanol–water partition coefficient (Wildman–Crippen LogP) is 9.89. The van der Waals surface area contributed by atoms with Gasteiger partial charge in [0.1, 0.15) is 19.3 Å². The van der Waals surface area contributed by atoms with Gasteiger partial charge in [0.05, 0.1) is 0 Å². The van der Waals surface area contributed by atoms with Crippen LogP contribution in [0.1, 0.15) is 149 Å². The normalized spacial score (nSPS) is 12.8. The van der Waals surface area contributed by atoms with Gasteiger partial charge in [0, 0.05) is 12.8 Å². The fourth-order valence-electron chi connectivity index (χ4n) is 4.31. The summed E-state index contributed by atoms with van der Waals surface area (Å²) in [6.07, 6.45) is 38.7. The Hall–Kier alpha value is -2.14. The van der Waals surface area contributed by atoms with Crippen molar-refractivity contribution in [3.63, 3.8) is 0 Å². The summed E-state index contributed by atoms with van der Waals surface area (Å²) >= 11 is 0. The maximum absolute atomic E-state index is 11.9. The Morgan fingerprint density at radius 1 is 0.537 bits per heavy atom. The van der Waals surface area contributed by atoms with Gasteiger partial charge in [0.25, 0.3) is 0 Å². The Kier molecular flexibility index (Phi) is 30.7. The third kappa shape index (κ3) is 32.2. The lowest BCUT2D eigenvalue weighted by Gasteiger charge is -2.12. The van der Waals surface area contributed by atoms with Gasteiger partial charge in [-0.15, -0.1) is 0 Å². The number of esters is 2. The number of carbonyl (C=O) groups excluding carboxylic acids is 2. The summed E-state index contributed by atoms with van der Waals surface area (Å²) in [5.41, 5.74) is 0. The van der Waals surface area contributed by atoms with E-state index in [1.807, 2.05) is 0 Å². The van der Waals surface area contributed by atoms with Gasteiger partial charge < -0.3 is 14.6 Å². The van der Waals surface area contributed by atoms with E-state index in [0.29, 0.717) is 12.8 Å². The number of aliphatic hydroxyl groups excluding tert-OH is 1. The van der Waals surface area contributed by atoms with E-state index in [1.165, 1.54) is 57.8 Å². The van der Waals surface area contributed by atoms with E-state index in [9.17, 15) is 14.7 Å². The Balaban J connectivity index is 3.54. The van der Waals surface area contributed by atoms with Crippen molar-refractivity contribution in [3.8, 4) is 0 Å². The summed E-state index contributed by atoms with van der Waals surface area (Å²) < 4.78 is 10.2. The van der Waals surface area contributed by atoms with E-state index in [2.05, 4.69) is 62.5 Å². The second-order valence-corrected chi connectivity index (χ2v) is 10.9. The van der Waals surface area contributed by atoms with Crippen LogP contribution in [0.4, 0.5) is 0 Å². The zero-order valence-electron chi connectivity index (χ0n) is 26.5. The van der Waals surface area contributed by atoms with Gasteiger partial charge in [-0.3, -0.25) is 9.59 Å². The molecule has 0 aliphatic heterocycles. The summed E-state index contributed by atoms with van der Waals surface area (Å²) in [7, 11) is 0. The zero-order valence-corrected chi connectivity index (χ0v) is 26.5. The summed E-state index contributed by atoms with van der Waals surface area (Å²) in [5, 5.41) is 9.95. The first-order valence-corrected chi connectivity index (χ1v) is 16.7. The van der Waals surface area contributed by atoms with Crippen molar-refractivity contribution in [3.05, 3.63) is 48.6 Å². The average molecular weight is 575 g/mol. The van der Waals surface area contributed by atoms with Crippen molar-refractivity contribution in [1.29, 1.82) is 0 Å². The number of allylic oxidation sites excluding steroid dienone is 8. The number of aliphatic hydroxyl groups is 1. The number of carbonyl (C=O) groups is 2. The lowest BCUT2D eigenvalue weighted by atomic mass is 10.0. The van der Waals surface area contributed by atoms with Crippen molar-refractivity contribution in [1.82, 2.24) is 0 Å². The molecule has 0 aromatic heterocycles. The molecule has 0 amide bonds. The van der Waals surface area contributed by atoms with E-state index in [4.69, 9.17) is 9.47 Å². The molecule has 0 unspecified atom stereocenters. The topological polar surface area (TPSA) is 72.8 Å². The highest BCUT2D eigenvalue weighted by atomic mass is 16.6. The molecule has 1 N–H and O–H groups in total. The van der Waals surface area contributed by atoms with E-state index in [0.717, 1.165) is 64.2 Å². The maximum atomic E-state index is 11.9. The van der Waals surface area contributed by atoms with E-state index in [1.54, 1.807) is 0 Å². The first-order chi connectivity index (χ1) is 20.1. The molecule has 0 heterocycles. The lowest BCUT2D eigenvalue weighted by Crippen LogP contribution is -2.25. The fraction of sp³-hybridized carbons (Fsp3) is 0.722. The van der Waals surface area contributed by atoms with Crippen LogP contribution < -0.4 is 0 Å². The number of hydrogen-bond acceptors (Lipinski definition) is 5. The molecule has 0 aromatic rings. The minimum atomic E-state index is -0.978. The highest BCUT2D eigenvalue weighted by molar-refractivity contribution is 5.69. The Morgan fingerprint density at radius 3 is 1.39 bits per heavy atom. The van der Waals surface area contributed by atoms with Crippen LogP contribution in [-0.2, 0) is 19.1 Å². The molecule has 0 aliphatic carbocycles. The minimum absolute atomic E-state index is 0.129. The van der Waals surface area contributed by atoms with Crippen molar-refractivity contribution in [2.75, 3.05) is 13.2 Å². The molecular formula is C36H62O5. The summed E-state index contributed by atoms with van der Waals surface area (Å²) in [6, 6.07) is 0. The molecule has 1 atom stereocenters. The molecule has 236 valence electrons. The molecule has 0 aromatic carbocycles. The van der Waals surface area contributed by atoms with Crippen molar-refractivity contribution in [2.45, 2.75) is 155 Å². The minimum Gasteiger partial charge on any atom is -0.463 e. The van der Waals surface area contributed by atoms with E-state index < -0.39 is 6.10 Å². The van der Waals surface area contributed by atoms with Gasteiger partial charge in [0.2, 0.25) is 0 Å². The average Bonchev–Trinajstić information content (AvgIpc) is 2.97. The molecule has 5 heteroatoms. The quantitative estimate of drug-likeness (QED) is 0.0547. The van der Waals surface area contributed by atoms with Gasteiger partial charge in [-0.1, -0.05) is 133 Å². The second kappa shape index (κ2) is 32.4. The van der Waals surface area contributed by atoms with Crippen LogP contribution in [-0.4, -0.2) is 36.4 Å². The Morgan fingerprint density at radius 2 is 0.927 bits per heavy atom. The molecule has 5 nitrogen and oxygen atoms in total. The van der Waals surface area contributed by atoms with Crippen LogP contribution in [0.25, 0.3) is 0 Å². The third-order valence-electron chi connectivity index (χ3n) is 6.83. The monoisotopic (exact) mass is 574 g/mol. The van der Waals surface area contributed by atoms with Crippen molar-refractivity contribution >= 4 is 11.9 Å². The zero-order chi connectivity index (χ0) is 30.1. The SMILES string of the molecule is CC/C=C\C/C=C\C/C=C\C/C=C\CCCCC(=O)OC[C@H](O)COC(=O)CCCCCCCCCCCCCC. The summed E-state index contributed by atoms with van der Waals surface area (Å²) in [6.45, 7) is 4.13. The second-order valence-electron chi connectivity index (χ2n) is 10.9. The van der Waals surface area contributed by atoms with Crippen LogP contribution in [0.5, 0.6) is 0 Å². The summed E-state index contributed by atoms with van der Waals surface area (Å²) in [4.78, 5) is 23.8. The van der Waals surface area contributed by atoms with Crippen molar-refractivity contribution in [2.24, 2.45) is 0 Å². The molecule has 0 aliphatic rings. The number of hydrogen-bond donors (Lipinski definition) is 1. The standard InChI is InChI=1S/C36H62O5/c1-3-5-7-9-11-13-15-17-18-19-21-23-25-27-29-31-36(39)41-33-34(37)32-40-35(38)30-28-26-24-22-20-16-14-12-10-8-6-4-2/h5,7,11,13,17-18,21,23,34,37H,3-4,6,8-10,12,14-16,19-20,22,24-33H2,1-2H3/b7-5-,13-11-,18-17-,23-21-/t34-/m1/s1. The van der Waals surface area contributed by atoms with Crippen LogP contribution in [0.2, 0.25) is 0 Å². The molecule has 0 rings (SSSR count).